The SMILES string of the molecule is CN(C(=O)CNC1CC1)c1csc2ccccc12. The number of benzene rings is 1. The van der Waals surface area contributed by atoms with Crippen molar-refractivity contribution < 1.29 is 4.79 Å². The molecule has 0 aliphatic heterocycles. The summed E-state index contributed by atoms with van der Waals surface area (Å²) < 4.78 is 1.22. The number of fused-ring (bicyclic) bond motifs is 1. The first kappa shape index (κ1) is 11.7. The molecule has 1 aliphatic carbocycles. The summed E-state index contributed by atoms with van der Waals surface area (Å²) in [5.41, 5.74) is 1.01. The van der Waals surface area contributed by atoms with Crippen molar-refractivity contribution in [3.8, 4) is 0 Å². The second kappa shape index (κ2) is 4.71. The largest absolute Gasteiger partial charge is 0.313 e. The van der Waals surface area contributed by atoms with Gasteiger partial charge in [-0.1, -0.05) is 18.2 Å². The van der Waals surface area contributed by atoms with Crippen LogP contribution in [0.1, 0.15) is 12.8 Å². The van der Waals surface area contributed by atoms with E-state index in [1.54, 1.807) is 16.2 Å². The highest BCUT2D eigenvalue weighted by atomic mass is 32.1. The molecule has 1 fully saturated rings. The van der Waals surface area contributed by atoms with Crippen molar-refractivity contribution in [2.45, 2.75) is 18.9 Å². The van der Waals surface area contributed by atoms with Crippen molar-refractivity contribution in [2.24, 2.45) is 0 Å². The average Bonchev–Trinajstić information content (AvgIpc) is 3.13. The van der Waals surface area contributed by atoms with Crippen LogP contribution in [0, 0.1) is 0 Å². The zero-order valence-corrected chi connectivity index (χ0v) is 11.2. The molecule has 0 spiro atoms. The maximum atomic E-state index is 12.1. The molecule has 1 aromatic carbocycles. The molecular formula is C14H16N2OS. The van der Waals surface area contributed by atoms with E-state index >= 15 is 0 Å². The van der Waals surface area contributed by atoms with Crippen LogP contribution in [0.5, 0.6) is 0 Å². The Kier molecular flexibility index (Phi) is 3.06. The maximum Gasteiger partial charge on any atom is 0.240 e. The van der Waals surface area contributed by atoms with Crippen LogP contribution in [-0.4, -0.2) is 25.5 Å². The van der Waals surface area contributed by atoms with E-state index in [-0.39, 0.29) is 5.91 Å². The molecule has 1 amide bonds. The Balaban J connectivity index is 1.77. The van der Waals surface area contributed by atoms with Gasteiger partial charge in [-0.2, -0.15) is 0 Å². The number of likely N-dealkylation sites (N-methyl/N-ethyl adjacent to an activating group) is 1. The van der Waals surface area contributed by atoms with Crippen LogP contribution >= 0.6 is 11.3 Å². The van der Waals surface area contributed by atoms with Gasteiger partial charge in [0.2, 0.25) is 5.91 Å². The summed E-state index contributed by atoms with van der Waals surface area (Å²) in [6.07, 6.45) is 2.41. The summed E-state index contributed by atoms with van der Waals surface area (Å²) in [4.78, 5) is 13.8. The van der Waals surface area contributed by atoms with Crippen LogP contribution in [0.4, 0.5) is 5.69 Å². The van der Waals surface area contributed by atoms with Crippen LogP contribution < -0.4 is 10.2 Å². The number of thiophene rings is 1. The Morgan fingerprint density at radius 1 is 1.44 bits per heavy atom. The first-order valence-corrected chi connectivity index (χ1v) is 7.10. The lowest BCUT2D eigenvalue weighted by Crippen LogP contribution is -2.36. The van der Waals surface area contributed by atoms with Gasteiger partial charge in [-0.25, -0.2) is 0 Å². The molecule has 4 heteroatoms. The molecule has 1 aliphatic rings. The van der Waals surface area contributed by atoms with Crippen molar-refractivity contribution in [3.05, 3.63) is 29.6 Å². The van der Waals surface area contributed by atoms with E-state index in [4.69, 9.17) is 0 Å². The average molecular weight is 260 g/mol. The summed E-state index contributed by atoms with van der Waals surface area (Å²) in [6.45, 7) is 0.436. The molecule has 1 aromatic heterocycles. The van der Waals surface area contributed by atoms with Crippen molar-refractivity contribution in [1.29, 1.82) is 0 Å². The number of rotatable bonds is 4. The third-order valence-corrected chi connectivity index (χ3v) is 4.27. The highest BCUT2D eigenvalue weighted by Gasteiger charge is 2.22. The number of hydrogen-bond donors (Lipinski definition) is 1. The second-order valence-corrected chi connectivity index (χ2v) is 5.64. The number of amides is 1. The van der Waals surface area contributed by atoms with E-state index in [2.05, 4.69) is 22.8 Å². The molecule has 1 saturated carbocycles. The number of anilines is 1. The van der Waals surface area contributed by atoms with Gasteiger partial charge < -0.3 is 10.2 Å². The minimum absolute atomic E-state index is 0.130. The molecule has 0 radical (unpaired) electrons. The van der Waals surface area contributed by atoms with E-state index in [0.717, 1.165) is 11.1 Å². The zero-order chi connectivity index (χ0) is 12.5. The first-order chi connectivity index (χ1) is 8.75. The maximum absolute atomic E-state index is 12.1. The standard InChI is InChI=1S/C14H16N2OS/c1-16(14(17)8-15-10-6-7-10)12-9-18-13-5-3-2-4-11(12)13/h2-5,9-10,15H,6-8H2,1H3. The minimum atomic E-state index is 0.130. The van der Waals surface area contributed by atoms with E-state index in [1.165, 1.54) is 17.5 Å². The normalized spacial score (nSPS) is 14.9. The molecule has 0 atom stereocenters. The molecule has 1 N–H and O–H groups in total. The highest BCUT2D eigenvalue weighted by molar-refractivity contribution is 7.17. The number of carbonyl (C=O) groups excluding carboxylic acids is 1. The summed E-state index contributed by atoms with van der Waals surface area (Å²) in [7, 11) is 1.85. The predicted octanol–water partition coefficient (Wildman–Crippen LogP) is 2.62. The van der Waals surface area contributed by atoms with Gasteiger partial charge in [-0.05, 0) is 18.9 Å². The minimum Gasteiger partial charge on any atom is -0.313 e. The van der Waals surface area contributed by atoms with E-state index in [0.29, 0.717) is 12.6 Å². The first-order valence-electron chi connectivity index (χ1n) is 6.22. The summed E-state index contributed by atoms with van der Waals surface area (Å²) in [5.74, 6) is 0.130. The molecule has 2 aromatic rings. The van der Waals surface area contributed by atoms with E-state index in [9.17, 15) is 4.79 Å². The van der Waals surface area contributed by atoms with Crippen LogP contribution in [0.2, 0.25) is 0 Å². The van der Waals surface area contributed by atoms with Gasteiger partial charge in [0.05, 0.1) is 12.2 Å². The third kappa shape index (κ3) is 2.26. The summed E-state index contributed by atoms with van der Waals surface area (Å²) in [6, 6.07) is 8.77. The molecule has 0 saturated heterocycles. The van der Waals surface area contributed by atoms with Gasteiger partial charge in [-0.3, -0.25) is 4.79 Å². The smallest absolute Gasteiger partial charge is 0.240 e. The van der Waals surface area contributed by atoms with Gasteiger partial charge in [0.1, 0.15) is 0 Å². The quantitative estimate of drug-likeness (QED) is 0.916. The topological polar surface area (TPSA) is 32.3 Å². The highest BCUT2D eigenvalue weighted by Crippen LogP contribution is 2.32. The fourth-order valence-corrected chi connectivity index (χ4v) is 2.98. The van der Waals surface area contributed by atoms with Gasteiger partial charge in [0, 0.05) is 28.6 Å². The van der Waals surface area contributed by atoms with E-state index < -0.39 is 0 Å². The Labute approximate surface area is 110 Å². The monoisotopic (exact) mass is 260 g/mol. The molecule has 0 unspecified atom stereocenters. The fraction of sp³-hybridized carbons (Fsp3) is 0.357. The van der Waals surface area contributed by atoms with Crippen molar-refractivity contribution >= 4 is 33.0 Å². The Morgan fingerprint density at radius 3 is 3.00 bits per heavy atom. The van der Waals surface area contributed by atoms with Crippen molar-refractivity contribution in [1.82, 2.24) is 5.32 Å². The van der Waals surface area contributed by atoms with Crippen molar-refractivity contribution in [3.63, 3.8) is 0 Å². The van der Waals surface area contributed by atoms with E-state index in [1.807, 2.05) is 19.2 Å². The molecule has 0 bridgehead atoms. The van der Waals surface area contributed by atoms with Crippen molar-refractivity contribution in [2.75, 3.05) is 18.5 Å². The Hall–Kier alpha value is -1.39. The van der Waals surface area contributed by atoms with Gasteiger partial charge in [0.25, 0.3) is 0 Å². The fourth-order valence-electron chi connectivity index (χ4n) is 2.00. The van der Waals surface area contributed by atoms with Crippen LogP contribution in [0.25, 0.3) is 10.1 Å². The third-order valence-electron chi connectivity index (χ3n) is 3.32. The van der Waals surface area contributed by atoms with Crippen LogP contribution in [-0.2, 0) is 4.79 Å². The Bertz CT molecular complexity index is 574. The van der Waals surface area contributed by atoms with Crippen LogP contribution in [0.15, 0.2) is 29.6 Å². The lowest BCUT2D eigenvalue weighted by atomic mass is 10.2. The lowest BCUT2D eigenvalue weighted by Gasteiger charge is -2.16. The molecule has 1 heterocycles. The number of hydrogen-bond acceptors (Lipinski definition) is 3. The second-order valence-electron chi connectivity index (χ2n) is 4.73. The number of carbonyl (C=O) groups is 1. The van der Waals surface area contributed by atoms with Gasteiger partial charge in [0.15, 0.2) is 0 Å². The van der Waals surface area contributed by atoms with Crippen LogP contribution in [0.3, 0.4) is 0 Å². The lowest BCUT2D eigenvalue weighted by molar-refractivity contribution is -0.117. The molecular weight excluding hydrogens is 244 g/mol. The summed E-state index contributed by atoms with van der Waals surface area (Å²) >= 11 is 1.68. The van der Waals surface area contributed by atoms with Gasteiger partial charge in [-0.15, -0.1) is 11.3 Å². The molecule has 3 rings (SSSR count). The molecule has 94 valence electrons. The van der Waals surface area contributed by atoms with Gasteiger partial charge >= 0.3 is 0 Å². The molecule has 18 heavy (non-hydrogen) atoms. The summed E-state index contributed by atoms with van der Waals surface area (Å²) in [5, 5.41) is 6.47. The predicted molar refractivity (Wildman–Crippen MR) is 76.3 cm³/mol. The number of nitrogens with one attached hydrogen (secondary N) is 1. The number of nitrogens with zero attached hydrogens (tertiary/aromatic N) is 1. The molecule has 3 nitrogen and oxygen atoms in total. The zero-order valence-electron chi connectivity index (χ0n) is 10.3. The Morgan fingerprint density at radius 2 is 2.22 bits per heavy atom.